The Morgan fingerprint density at radius 2 is 2.00 bits per heavy atom. The van der Waals surface area contributed by atoms with Crippen LogP contribution in [0, 0.1) is 0 Å². The average molecular weight is 329 g/mol. The molecule has 7 nitrogen and oxygen atoms in total. The highest BCUT2D eigenvalue weighted by Gasteiger charge is 2.51. The van der Waals surface area contributed by atoms with Crippen molar-refractivity contribution in [2.24, 2.45) is 7.05 Å². The Hall–Kier alpha value is -1.41. The van der Waals surface area contributed by atoms with Crippen molar-refractivity contribution in [3.63, 3.8) is 0 Å². The summed E-state index contributed by atoms with van der Waals surface area (Å²) >= 11 is 0. The highest BCUT2D eigenvalue weighted by Crippen LogP contribution is 2.36. The van der Waals surface area contributed by atoms with E-state index in [9.17, 15) is 18.3 Å². The number of rotatable bonds is 5. The first-order valence-electron chi connectivity index (χ1n) is 7.51. The zero-order chi connectivity index (χ0) is 16.7. The number of hydrogen-bond donors (Lipinski definition) is 1. The number of aromatic nitrogens is 2. The van der Waals surface area contributed by atoms with E-state index in [1.165, 1.54) is 6.92 Å². The molecule has 0 aliphatic carbocycles. The molecule has 0 saturated carbocycles. The van der Waals surface area contributed by atoms with E-state index < -0.39 is 21.5 Å². The van der Waals surface area contributed by atoms with Crippen molar-refractivity contribution >= 4 is 16.0 Å². The monoisotopic (exact) mass is 329 g/mol. The van der Waals surface area contributed by atoms with Crippen molar-refractivity contribution in [2.75, 3.05) is 6.54 Å². The van der Waals surface area contributed by atoms with E-state index in [2.05, 4.69) is 5.10 Å². The number of aliphatic carboxylic acids is 1. The third kappa shape index (κ3) is 2.34. The van der Waals surface area contributed by atoms with Crippen LogP contribution >= 0.6 is 0 Å². The molecule has 1 N–H and O–H groups in total. The molecule has 2 rings (SSSR count). The summed E-state index contributed by atoms with van der Waals surface area (Å²) < 4.78 is 29.0. The Balaban J connectivity index is 2.63. The fourth-order valence-corrected chi connectivity index (χ4v) is 5.51. The van der Waals surface area contributed by atoms with Crippen LogP contribution < -0.4 is 0 Å². The van der Waals surface area contributed by atoms with Crippen LogP contribution in [0.1, 0.15) is 45.0 Å². The van der Waals surface area contributed by atoms with Gasteiger partial charge in [0.15, 0.2) is 0 Å². The van der Waals surface area contributed by atoms with Crippen molar-refractivity contribution in [1.29, 1.82) is 0 Å². The van der Waals surface area contributed by atoms with Crippen LogP contribution in [0.15, 0.2) is 4.90 Å². The lowest BCUT2D eigenvalue weighted by Crippen LogP contribution is -2.50. The molecule has 0 radical (unpaired) electrons. The van der Waals surface area contributed by atoms with Crippen LogP contribution in [-0.4, -0.2) is 45.7 Å². The standard InChI is InChI=1S/C14H23N3O4S/c1-5-10-12(11(6-2)16(4)15-10)22(20,21)17-9-7-8-14(17,3)13(18)19/h5-9H2,1-4H3,(H,18,19)/t14-/m0/s1. The summed E-state index contributed by atoms with van der Waals surface area (Å²) in [4.78, 5) is 11.8. The molecule has 1 aromatic heterocycles. The molecule has 1 fully saturated rings. The molecule has 0 bridgehead atoms. The smallest absolute Gasteiger partial charge is 0.324 e. The van der Waals surface area contributed by atoms with Gasteiger partial charge < -0.3 is 5.11 Å². The minimum Gasteiger partial charge on any atom is -0.480 e. The van der Waals surface area contributed by atoms with E-state index >= 15 is 0 Å². The van der Waals surface area contributed by atoms with Gasteiger partial charge in [0.1, 0.15) is 10.4 Å². The number of nitrogens with zero attached hydrogens (tertiary/aromatic N) is 3. The van der Waals surface area contributed by atoms with Crippen molar-refractivity contribution in [2.45, 2.75) is 56.9 Å². The van der Waals surface area contributed by atoms with Crippen LogP contribution in [0.4, 0.5) is 0 Å². The molecule has 1 aliphatic rings. The van der Waals surface area contributed by atoms with Crippen LogP contribution in [0.25, 0.3) is 0 Å². The molecule has 0 unspecified atom stereocenters. The summed E-state index contributed by atoms with van der Waals surface area (Å²) in [5.74, 6) is -1.10. The maximum Gasteiger partial charge on any atom is 0.324 e. The van der Waals surface area contributed by atoms with Gasteiger partial charge in [-0.05, 0) is 32.6 Å². The van der Waals surface area contributed by atoms with Crippen LogP contribution in [-0.2, 0) is 34.7 Å². The second kappa shape index (κ2) is 5.66. The third-order valence-electron chi connectivity index (χ3n) is 4.44. The summed E-state index contributed by atoms with van der Waals surface area (Å²) in [6, 6.07) is 0. The molecule has 2 heterocycles. The second-order valence-corrected chi connectivity index (χ2v) is 7.61. The third-order valence-corrected chi connectivity index (χ3v) is 6.59. The van der Waals surface area contributed by atoms with Crippen molar-refractivity contribution in [1.82, 2.24) is 14.1 Å². The molecule has 1 saturated heterocycles. The molecule has 0 spiro atoms. The number of aryl methyl sites for hydroxylation is 2. The summed E-state index contributed by atoms with van der Waals surface area (Å²) in [6.07, 6.45) is 1.88. The number of hydrogen-bond acceptors (Lipinski definition) is 4. The van der Waals surface area contributed by atoms with Gasteiger partial charge in [0.05, 0.1) is 11.4 Å². The predicted molar refractivity (Wildman–Crippen MR) is 81.1 cm³/mol. The fourth-order valence-electron chi connectivity index (χ4n) is 3.17. The molecule has 1 aromatic rings. The Kier molecular flexibility index (Phi) is 4.36. The molecule has 0 amide bonds. The van der Waals surface area contributed by atoms with Crippen molar-refractivity contribution in [3.05, 3.63) is 11.4 Å². The van der Waals surface area contributed by atoms with Gasteiger partial charge in [-0.15, -0.1) is 0 Å². The number of sulfonamides is 1. The Morgan fingerprint density at radius 3 is 2.50 bits per heavy atom. The lowest BCUT2D eigenvalue weighted by Gasteiger charge is -2.30. The zero-order valence-corrected chi connectivity index (χ0v) is 14.3. The van der Waals surface area contributed by atoms with Gasteiger partial charge in [0, 0.05) is 13.6 Å². The first-order chi connectivity index (χ1) is 10.2. The Labute approximate surface area is 131 Å². The molecule has 22 heavy (non-hydrogen) atoms. The average Bonchev–Trinajstić information content (AvgIpc) is 3.00. The van der Waals surface area contributed by atoms with Crippen LogP contribution in [0.2, 0.25) is 0 Å². The number of carbonyl (C=O) groups is 1. The summed E-state index contributed by atoms with van der Waals surface area (Å²) in [5, 5.41) is 13.8. The first-order valence-corrected chi connectivity index (χ1v) is 8.95. The lowest BCUT2D eigenvalue weighted by molar-refractivity contribution is -0.146. The number of carboxylic acid groups (broad SMARTS) is 1. The maximum absolute atomic E-state index is 13.1. The van der Waals surface area contributed by atoms with Gasteiger partial charge in [-0.3, -0.25) is 9.48 Å². The van der Waals surface area contributed by atoms with Crippen LogP contribution in [0.3, 0.4) is 0 Å². The van der Waals surface area contributed by atoms with Crippen LogP contribution in [0.5, 0.6) is 0 Å². The number of carboxylic acids is 1. The second-order valence-electron chi connectivity index (χ2n) is 5.81. The quantitative estimate of drug-likeness (QED) is 0.875. The Bertz CT molecular complexity index is 695. The van der Waals surface area contributed by atoms with Gasteiger partial charge in [0.25, 0.3) is 0 Å². The Morgan fingerprint density at radius 1 is 1.36 bits per heavy atom. The fraction of sp³-hybridized carbons (Fsp3) is 0.714. The minimum atomic E-state index is -3.89. The van der Waals surface area contributed by atoms with E-state index in [0.29, 0.717) is 37.1 Å². The normalized spacial score (nSPS) is 23.1. The van der Waals surface area contributed by atoms with Crippen molar-refractivity contribution < 1.29 is 18.3 Å². The van der Waals surface area contributed by atoms with Gasteiger partial charge in [-0.2, -0.15) is 9.40 Å². The maximum atomic E-state index is 13.1. The minimum absolute atomic E-state index is 0.189. The van der Waals surface area contributed by atoms with E-state index in [-0.39, 0.29) is 11.4 Å². The summed E-state index contributed by atoms with van der Waals surface area (Å²) in [7, 11) is -2.17. The highest BCUT2D eigenvalue weighted by molar-refractivity contribution is 7.89. The van der Waals surface area contributed by atoms with Gasteiger partial charge >= 0.3 is 5.97 Å². The zero-order valence-electron chi connectivity index (χ0n) is 13.5. The molecular weight excluding hydrogens is 306 g/mol. The lowest BCUT2D eigenvalue weighted by atomic mass is 10.0. The van der Waals surface area contributed by atoms with Crippen molar-refractivity contribution in [3.8, 4) is 0 Å². The van der Waals surface area contributed by atoms with E-state index in [1.807, 2.05) is 13.8 Å². The van der Waals surface area contributed by atoms with Gasteiger partial charge in [-0.1, -0.05) is 13.8 Å². The van der Waals surface area contributed by atoms with E-state index in [1.54, 1.807) is 11.7 Å². The summed E-state index contributed by atoms with van der Waals surface area (Å²) in [6.45, 7) is 5.43. The highest BCUT2D eigenvalue weighted by atomic mass is 32.2. The van der Waals surface area contributed by atoms with Gasteiger partial charge in [0.2, 0.25) is 10.0 Å². The summed E-state index contributed by atoms with van der Waals surface area (Å²) in [5.41, 5.74) is -0.263. The first kappa shape index (κ1) is 17.0. The molecular formula is C14H23N3O4S. The molecule has 1 atom stereocenters. The molecule has 1 aliphatic heterocycles. The van der Waals surface area contributed by atoms with E-state index in [4.69, 9.17) is 0 Å². The van der Waals surface area contributed by atoms with Gasteiger partial charge in [-0.25, -0.2) is 8.42 Å². The predicted octanol–water partition coefficient (Wildman–Crippen LogP) is 1.17. The largest absolute Gasteiger partial charge is 0.480 e. The SMILES string of the molecule is CCc1nn(C)c(CC)c1S(=O)(=O)N1CCC[C@@]1(C)C(=O)O. The molecule has 8 heteroatoms. The molecule has 124 valence electrons. The van der Waals surface area contributed by atoms with E-state index in [0.717, 1.165) is 4.31 Å². The topological polar surface area (TPSA) is 92.5 Å². The molecule has 0 aromatic carbocycles.